The zero-order valence-corrected chi connectivity index (χ0v) is 39.5. The normalized spacial score (nSPS) is 11.7. The van der Waals surface area contributed by atoms with Crippen LogP contribution in [0.25, 0.3) is 83.9 Å². The third kappa shape index (κ3) is 8.58. The van der Waals surface area contributed by atoms with Crippen LogP contribution < -0.4 is 0 Å². The maximum atomic E-state index is 11.8. The number of para-hydroxylation sites is 1. The van der Waals surface area contributed by atoms with Crippen molar-refractivity contribution in [3.63, 3.8) is 0 Å². The predicted molar refractivity (Wildman–Crippen MR) is 259 cm³/mol. The Hall–Kier alpha value is -6.35. The molecule has 0 aliphatic carbocycles. The number of hydrogen-bond donors (Lipinski definition) is 1. The summed E-state index contributed by atoms with van der Waals surface area (Å²) in [5.41, 5.74) is 18.0. The van der Waals surface area contributed by atoms with Crippen molar-refractivity contribution in [2.45, 2.75) is 66.2 Å². The van der Waals surface area contributed by atoms with Crippen molar-refractivity contribution in [2.75, 3.05) is 0 Å². The third-order valence-corrected chi connectivity index (χ3v) is 11.9. The summed E-state index contributed by atoms with van der Waals surface area (Å²) in [5.74, 6) is 0.905. The summed E-state index contributed by atoms with van der Waals surface area (Å²) in [7, 11) is 0. The van der Waals surface area contributed by atoms with Gasteiger partial charge in [-0.15, -0.1) is 29.3 Å². The summed E-state index contributed by atoms with van der Waals surface area (Å²) >= 11 is 0. The van der Waals surface area contributed by atoms with Gasteiger partial charge in [0.2, 0.25) is 0 Å². The number of hydrogen-bond acceptors (Lipinski definition) is 3. The van der Waals surface area contributed by atoms with Crippen molar-refractivity contribution in [2.24, 2.45) is 0 Å². The van der Waals surface area contributed by atoms with Crippen LogP contribution in [0.5, 0.6) is 5.75 Å². The van der Waals surface area contributed by atoms with E-state index in [-0.39, 0.29) is 37.6 Å². The molecule has 63 heavy (non-hydrogen) atoms. The summed E-state index contributed by atoms with van der Waals surface area (Å²) in [5, 5.41) is 11.8. The van der Waals surface area contributed by atoms with Gasteiger partial charge in [-0.25, -0.2) is 4.98 Å². The summed E-state index contributed by atoms with van der Waals surface area (Å²) in [6.45, 7) is 17.5. The first-order valence-corrected chi connectivity index (χ1v) is 21.5. The molecule has 7 aromatic carbocycles. The molecule has 0 amide bonds. The Morgan fingerprint density at radius 1 is 0.524 bits per heavy atom. The predicted octanol–water partition coefficient (Wildman–Crippen LogP) is 15.1. The Morgan fingerprint density at radius 3 is 1.81 bits per heavy atom. The molecular weight excluding hydrogens is 950 g/mol. The van der Waals surface area contributed by atoms with E-state index in [0.29, 0.717) is 11.4 Å². The van der Waals surface area contributed by atoms with E-state index in [0.717, 1.165) is 72.5 Å². The zero-order chi connectivity index (χ0) is 43.3. The fraction of sp³-hybridized carbons (Fsp3) is 0.172. The Labute approximate surface area is 386 Å². The molecule has 2 aromatic heterocycles. The molecule has 0 saturated heterocycles. The second kappa shape index (κ2) is 17.1. The Balaban J connectivity index is 0.00000544. The van der Waals surface area contributed by atoms with Crippen LogP contribution in [0.15, 0.2) is 164 Å². The molecule has 5 heteroatoms. The Morgan fingerprint density at radius 2 is 1.14 bits per heavy atom. The number of aryl methyl sites for hydroxylation is 2. The van der Waals surface area contributed by atoms with Crippen LogP contribution in [0, 0.1) is 19.9 Å². The average Bonchev–Trinajstić information content (AvgIpc) is 3.67. The molecule has 1 N–H and O–H groups in total. The molecule has 0 unspecified atom stereocenters. The number of rotatable bonds is 7. The monoisotopic (exact) mass is 1000 g/mol. The minimum atomic E-state index is -0.161. The van der Waals surface area contributed by atoms with E-state index in [9.17, 15) is 5.11 Å². The number of benzene rings is 7. The fourth-order valence-electron chi connectivity index (χ4n) is 8.45. The Kier molecular flexibility index (Phi) is 11.7. The van der Waals surface area contributed by atoms with Gasteiger partial charge in [0.05, 0.1) is 22.3 Å². The van der Waals surface area contributed by atoms with Crippen molar-refractivity contribution in [1.82, 2.24) is 14.5 Å². The van der Waals surface area contributed by atoms with Crippen LogP contribution in [-0.4, -0.2) is 19.6 Å². The molecule has 9 aromatic rings. The van der Waals surface area contributed by atoms with E-state index in [4.69, 9.17) is 9.97 Å². The molecule has 9 rings (SSSR count). The van der Waals surface area contributed by atoms with Crippen molar-refractivity contribution in [3.05, 3.63) is 192 Å². The standard InChI is InChI=1S/C58H52N3O.Pt/c1-37-30-38(2)55(62)50(31-37)56-60-54-48(20-15-21-53(54)61(56)52-27-26-46(57(3,4)5)36-49(52)42-18-13-10-14-19-42)44-32-45(34-47(33-44)58(6,7)8)51-35-43(28-29-59-51)41-24-22-40(23-25-41)39-16-11-9-12-17-39;/h9-31,33-36,62H,1-8H3;/q-1;. The molecule has 0 aliphatic rings. The topological polar surface area (TPSA) is 50.9 Å². The Bertz CT molecular complexity index is 3100. The van der Waals surface area contributed by atoms with Gasteiger partial charge in [-0.05, 0) is 99.5 Å². The summed E-state index contributed by atoms with van der Waals surface area (Å²) < 4.78 is 2.24. The number of aromatic nitrogens is 3. The molecule has 0 radical (unpaired) electrons. The number of aromatic hydroxyl groups is 1. The van der Waals surface area contributed by atoms with Gasteiger partial charge >= 0.3 is 0 Å². The summed E-state index contributed by atoms with van der Waals surface area (Å²) in [6, 6.07) is 59.6. The van der Waals surface area contributed by atoms with Crippen LogP contribution in [0.4, 0.5) is 0 Å². The number of nitrogens with zero attached hydrogens (tertiary/aromatic N) is 3. The van der Waals surface area contributed by atoms with Crippen LogP contribution in [0.3, 0.4) is 0 Å². The molecule has 0 saturated carbocycles. The quantitative estimate of drug-likeness (QED) is 0.162. The van der Waals surface area contributed by atoms with E-state index in [1.54, 1.807) is 0 Å². The molecular formula is C58H52N3OPt-. The van der Waals surface area contributed by atoms with E-state index >= 15 is 0 Å². The molecule has 0 bridgehead atoms. The van der Waals surface area contributed by atoms with E-state index in [1.165, 1.54) is 22.3 Å². The summed E-state index contributed by atoms with van der Waals surface area (Å²) in [4.78, 5) is 10.5. The van der Waals surface area contributed by atoms with Gasteiger partial charge in [0.1, 0.15) is 11.6 Å². The number of fused-ring (bicyclic) bond motifs is 1. The van der Waals surface area contributed by atoms with Crippen molar-refractivity contribution >= 4 is 11.0 Å². The van der Waals surface area contributed by atoms with Crippen molar-refractivity contribution < 1.29 is 26.2 Å². The molecule has 0 atom stereocenters. The average molecular weight is 1000 g/mol. The first-order valence-electron chi connectivity index (χ1n) is 21.5. The van der Waals surface area contributed by atoms with Crippen LogP contribution >= 0.6 is 0 Å². The van der Waals surface area contributed by atoms with Gasteiger partial charge in [0, 0.05) is 38.5 Å². The second-order valence-electron chi connectivity index (χ2n) is 18.6. The molecule has 0 spiro atoms. The van der Waals surface area contributed by atoms with Gasteiger partial charge in [-0.1, -0.05) is 168 Å². The molecule has 0 aliphatic heterocycles. The van der Waals surface area contributed by atoms with Crippen LogP contribution in [0.2, 0.25) is 0 Å². The van der Waals surface area contributed by atoms with Gasteiger partial charge in [-0.2, -0.15) is 0 Å². The molecule has 2 heterocycles. The first-order chi connectivity index (χ1) is 29.7. The molecule has 4 nitrogen and oxygen atoms in total. The smallest absolute Gasteiger partial charge is 0.148 e. The second-order valence-corrected chi connectivity index (χ2v) is 18.6. The first kappa shape index (κ1) is 43.3. The summed E-state index contributed by atoms with van der Waals surface area (Å²) in [6.07, 6.45) is 1.90. The van der Waals surface area contributed by atoms with Crippen LogP contribution in [0.1, 0.15) is 63.8 Å². The van der Waals surface area contributed by atoms with Crippen molar-refractivity contribution in [1.29, 1.82) is 0 Å². The van der Waals surface area contributed by atoms with Gasteiger partial charge in [-0.3, -0.25) is 9.55 Å². The van der Waals surface area contributed by atoms with Gasteiger partial charge < -0.3 is 5.11 Å². The largest absolute Gasteiger partial charge is 0.507 e. The minimum Gasteiger partial charge on any atom is -0.507 e. The SMILES string of the molecule is Cc1cc(C)c(O)c(-c2nc3c(-c4[c-]c(-c5cc(-c6ccc(-c7ccccc7)cc6)ccn5)cc(C(C)(C)C)c4)cccc3n2-c2ccc(C(C)(C)C)cc2-c2ccccc2)c1.[Pt]. The van der Waals surface area contributed by atoms with Crippen molar-refractivity contribution in [3.8, 4) is 78.6 Å². The van der Waals surface area contributed by atoms with Crippen LogP contribution in [-0.2, 0) is 31.9 Å². The fourth-order valence-corrected chi connectivity index (χ4v) is 8.45. The number of pyridine rings is 1. The number of phenols is 1. The zero-order valence-electron chi connectivity index (χ0n) is 37.2. The third-order valence-electron chi connectivity index (χ3n) is 11.9. The van der Waals surface area contributed by atoms with Gasteiger partial charge in [0.25, 0.3) is 0 Å². The van der Waals surface area contributed by atoms with E-state index < -0.39 is 0 Å². The van der Waals surface area contributed by atoms with E-state index in [1.807, 2.05) is 31.3 Å². The maximum Gasteiger partial charge on any atom is 0.148 e. The number of imidazole rings is 1. The molecule has 0 fully saturated rings. The number of phenolic OH excluding ortho intramolecular Hbond substituents is 1. The molecule has 316 valence electrons. The maximum absolute atomic E-state index is 11.8. The minimum absolute atomic E-state index is 0. The van der Waals surface area contributed by atoms with Gasteiger partial charge in [0.15, 0.2) is 0 Å². The van der Waals surface area contributed by atoms with E-state index in [2.05, 4.69) is 199 Å².